The average molecular weight is 255 g/mol. The number of aromatic amines is 1. The van der Waals surface area contributed by atoms with Gasteiger partial charge in [-0.3, -0.25) is 0 Å². The molecule has 1 aromatic carbocycles. The molecule has 0 saturated carbocycles. The van der Waals surface area contributed by atoms with Gasteiger partial charge in [-0.25, -0.2) is 4.98 Å². The van der Waals surface area contributed by atoms with Crippen LogP contribution in [0.25, 0.3) is 11.4 Å². The molecule has 1 aliphatic heterocycles. The monoisotopic (exact) mass is 255 g/mol. The van der Waals surface area contributed by atoms with Gasteiger partial charge in [0.25, 0.3) is 0 Å². The Kier molecular flexibility index (Phi) is 3.94. The van der Waals surface area contributed by atoms with Crippen molar-refractivity contribution in [1.29, 1.82) is 0 Å². The first kappa shape index (κ1) is 12.4. The molecule has 0 atom stereocenters. The lowest BCUT2D eigenvalue weighted by molar-refractivity contribution is 0.354. The molecule has 2 heterocycles. The quantitative estimate of drug-likeness (QED) is 0.881. The zero-order valence-electron chi connectivity index (χ0n) is 11.2. The van der Waals surface area contributed by atoms with Crippen LogP contribution in [0, 0.1) is 5.92 Å². The number of benzene rings is 1. The summed E-state index contributed by atoms with van der Waals surface area (Å²) in [6, 6.07) is 8.62. The number of nitrogens with zero attached hydrogens (tertiary/aromatic N) is 1. The molecular formula is C16H21N3. The van der Waals surface area contributed by atoms with Crippen molar-refractivity contribution in [3.8, 4) is 11.4 Å². The molecule has 100 valence electrons. The van der Waals surface area contributed by atoms with E-state index in [0.717, 1.165) is 18.2 Å². The molecule has 3 rings (SSSR count). The third kappa shape index (κ3) is 3.04. The zero-order valence-corrected chi connectivity index (χ0v) is 11.2. The minimum absolute atomic E-state index is 0.880. The fourth-order valence-electron chi connectivity index (χ4n) is 2.91. The van der Waals surface area contributed by atoms with E-state index in [1.165, 1.54) is 43.5 Å². The molecule has 0 aliphatic carbocycles. The van der Waals surface area contributed by atoms with E-state index < -0.39 is 0 Å². The van der Waals surface area contributed by atoms with E-state index in [1.54, 1.807) is 0 Å². The van der Waals surface area contributed by atoms with Crippen LogP contribution in [0.15, 0.2) is 36.7 Å². The maximum atomic E-state index is 4.38. The van der Waals surface area contributed by atoms with Gasteiger partial charge < -0.3 is 10.3 Å². The maximum Gasteiger partial charge on any atom is 0.137 e. The summed E-state index contributed by atoms with van der Waals surface area (Å²) in [4.78, 5) is 7.59. The van der Waals surface area contributed by atoms with Crippen LogP contribution in [-0.2, 0) is 6.42 Å². The van der Waals surface area contributed by atoms with Crippen LogP contribution in [0.1, 0.15) is 24.8 Å². The summed E-state index contributed by atoms with van der Waals surface area (Å²) in [6.45, 7) is 2.37. The van der Waals surface area contributed by atoms with Crippen molar-refractivity contribution >= 4 is 0 Å². The van der Waals surface area contributed by atoms with E-state index in [9.17, 15) is 0 Å². The molecule has 1 fully saturated rings. The highest BCUT2D eigenvalue weighted by Gasteiger charge is 2.14. The fraction of sp³-hybridized carbons (Fsp3) is 0.438. The lowest BCUT2D eigenvalue weighted by Crippen LogP contribution is -2.27. The highest BCUT2D eigenvalue weighted by atomic mass is 14.9. The van der Waals surface area contributed by atoms with Crippen molar-refractivity contribution in [3.05, 3.63) is 42.2 Å². The van der Waals surface area contributed by atoms with Crippen LogP contribution >= 0.6 is 0 Å². The van der Waals surface area contributed by atoms with Crippen LogP contribution in [0.3, 0.4) is 0 Å². The SMILES string of the molecule is c1ccc(-c2ncc[nH]2)c(CCC2CCNCC2)c1. The van der Waals surface area contributed by atoms with E-state index in [-0.39, 0.29) is 0 Å². The molecule has 0 unspecified atom stereocenters. The van der Waals surface area contributed by atoms with E-state index in [4.69, 9.17) is 0 Å². The minimum Gasteiger partial charge on any atom is -0.345 e. The van der Waals surface area contributed by atoms with Gasteiger partial charge in [-0.15, -0.1) is 0 Å². The maximum absolute atomic E-state index is 4.38. The van der Waals surface area contributed by atoms with Crippen molar-refractivity contribution in [1.82, 2.24) is 15.3 Å². The lowest BCUT2D eigenvalue weighted by Gasteiger charge is -2.22. The topological polar surface area (TPSA) is 40.7 Å². The van der Waals surface area contributed by atoms with E-state index in [0.29, 0.717) is 0 Å². The number of H-pyrrole nitrogens is 1. The predicted octanol–water partition coefficient (Wildman–Crippen LogP) is 3.01. The van der Waals surface area contributed by atoms with Crippen LogP contribution in [0.2, 0.25) is 0 Å². The molecule has 19 heavy (non-hydrogen) atoms. The predicted molar refractivity (Wildman–Crippen MR) is 77.9 cm³/mol. The smallest absolute Gasteiger partial charge is 0.137 e. The molecule has 0 spiro atoms. The van der Waals surface area contributed by atoms with Gasteiger partial charge in [0.1, 0.15) is 5.82 Å². The van der Waals surface area contributed by atoms with Crippen molar-refractivity contribution in [3.63, 3.8) is 0 Å². The molecule has 0 amide bonds. The second-order valence-corrected chi connectivity index (χ2v) is 5.33. The Morgan fingerprint density at radius 1 is 1.16 bits per heavy atom. The zero-order chi connectivity index (χ0) is 12.9. The standard InChI is InChI=1S/C16H21N3/c1-2-4-15(16-18-11-12-19-16)14(3-1)6-5-13-7-9-17-10-8-13/h1-4,11-13,17H,5-10H2,(H,18,19). The molecule has 0 bridgehead atoms. The summed E-state index contributed by atoms with van der Waals surface area (Å²) in [7, 11) is 0. The number of nitrogens with one attached hydrogen (secondary N) is 2. The summed E-state index contributed by atoms with van der Waals surface area (Å²) in [5.74, 6) is 1.87. The van der Waals surface area contributed by atoms with E-state index in [1.807, 2.05) is 12.4 Å². The van der Waals surface area contributed by atoms with Crippen molar-refractivity contribution in [2.75, 3.05) is 13.1 Å². The van der Waals surface area contributed by atoms with Gasteiger partial charge in [-0.1, -0.05) is 24.3 Å². The fourth-order valence-corrected chi connectivity index (χ4v) is 2.91. The third-order valence-corrected chi connectivity index (χ3v) is 4.05. The number of hydrogen-bond acceptors (Lipinski definition) is 2. The lowest BCUT2D eigenvalue weighted by atomic mass is 9.90. The molecule has 1 saturated heterocycles. The number of hydrogen-bond donors (Lipinski definition) is 2. The Balaban J connectivity index is 1.70. The largest absolute Gasteiger partial charge is 0.345 e. The minimum atomic E-state index is 0.880. The Labute approximate surface area is 114 Å². The van der Waals surface area contributed by atoms with Gasteiger partial charge in [-0.05, 0) is 50.3 Å². The van der Waals surface area contributed by atoms with Crippen molar-refractivity contribution in [2.24, 2.45) is 5.92 Å². The Hall–Kier alpha value is -1.61. The molecule has 1 aromatic heterocycles. The summed E-state index contributed by atoms with van der Waals surface area (Å²) >= 11 is 0. The van der Waals surface area contributed by atoms with E-state index in [2.05, 4.69) is 39.6 Å². The highest BCUT2D eigenvalue weighted by molar-refractivity contribution is 5.59. The molecule has 0 radical (unpaired) electrons. The van der Waals surface area contributed by atoms with Crippen LogP contribution in [0.4, 0.5) is 0 Å². The van der Waals surface area contributed by atoms with Crippen molar-refractivity contribution < 1.29 is 0 Å². The number of imidazole rings is 1. The van der Waals surface area contributed by atoms with Gasteiger partial charge in [0.2, 0.25) is 0 Å². The highest BCUT2D eigenvalue weighted by Crippen LogP contribution is 2.24. The Morgan fingerprint density at radius 3 is 2.79 bits per heavy atom. The third-order valence-electron chi connectivity index (χ3n) is 4.05. The molecule has 3 heteroatoms. The summed E-state index contributed by atoms with van der Waals surface area (Å²) in [5.41, 5.74) is 2.66. The Bertz CT molecular complexity index is 498. The van der Waals surface area contributed by atoms with E-state index >= 15 is 0 Å². The summed E-state index contributed by atoms with van der Waals surface area (Å²) < 4.78 is 0. The number of aromatic nitrogens is 2. The molecule has 2 N–H and O–H groups in total. The molecule has 2 aromatic rings. The normalized spacial score (nSPS) is 16.6. The van der Waals surface area contributed by atoms with Gasteiger partial charge in [-0.2, -0.15) is 0 Å². The Morgan fingerprint density at radius 2 is 2.00 bits per heavy atom. The van der Waals surface area contributed by atoms with Crippen LogP contribution < -0.4 is 5.32 Å². The first-order valence-electron chi connectivity index (χ1n) is 7.22. The van der Waals surface area contributed by atoms with Crippen LogP contribution in [0.5, 0.6) is 0 Å². The number of rotatable bonds is 4. The second kappa shape index (κ2) is 6.02. The van der Waals surface area contributed by atoms with Gasteiger partial charge in [0, 0.05) is 18.0 Å². The van der Waals surface area contributed by atoms with Gasteiger partial charge >= 0.3 is 0 Å². The number of piperidine rings is 1. The average Bonchev–Trinajstić information content (AvgIpc) is 3.01. The number of aryl methyl sites for hydroxylation is 1. The summed E-state index contributed by atoms with van der Waals surface area (Å²) in [6.07, 6.45) is 8.80. The molecule has 1 aliphatic rings. The first-order chi connectivity index (χ1) is 9.43. The molecular weight excluding hydrogens is 234 g/mol. The second-order valence-electron chi connectivity index (χ2n) is 5.33. The molecule has 3 nitrogen and oxygen atoms in total. The van der Waals surface area contributed by atoms with Crippen LogP contribution in [-0.4, -0.2) is 23.1 Å². The first-order valence-corrected chi connectivity index (χ1v) is 7.22. The summed E-state index contributed by atoms with van der Waals surface area (Å²) in [5, 5.41) is 3.43. The van der Waals surface area contributed by atoms with Gasteiger partial charge in [0.15, 0.2) is 0 Å². The van der Waals surface area contributed by atoms with Gasteiger partial charge in [0.05, 0.1) is 0 Å². The van der Waals surface area contributed by atoms with Crippen molar-refractivity contribution in [2.45, 2.75) is 25.7 Å².